The molecular formula is C30H25N5O. The van der Waals surface area contributed by atoms with E-state index in [1.54, 1.807) is 0 Å². The molecule has 6 heteroatoms. The number of hydrogen-bond acceptors (Lipinski definition) is 4. The van der Waals surface area contributed by atoms with Gasteiger partial charge in [-0.3, -0.25) is 4.79 Å². The van der Waals surface area contributed by atoms with Crippen molar-refractivity contribution < 1.29 is 4.79 Å². The van der Waals surface area contributed by atoms with Gasteiger partial charge in [0.15, 0.2) is 11.6 Å². The molecule has 0 unspecified atom stereocenters. The number of nitrogens with one attached hydrogen (secondary N) is 1. The lowest BCUT2D eigenvalue weighted by Crippen LogP contribution is -2.19. The Hall–Kier alpha value is -4.76. The predicted molar refractivity (Wildman–Crippen MR) is 141 cm³/mol. The highest BCUT2D eigenvalue weighted by molar-refractivity contribution is 5.92. The molecule has 1 N–H and O–H groups in total. The van der Waals surface area contributed by atoms with E-state index in [-0.39, 0.29) is 23.8 Å². The van der Waals surface area contributed by atoms with Crippen molar-refractivity contribution in [1.82, 2.24) is 14.8 Å². The highest BCUT2D eigenvalue weighted by Crippen LogP contribution is 2.30. The summed E-state index contributed by atoms with van der Waals surface area (Å²) >= 11 is 0. The molecule has 0 radical (unpaired) electrons. The van der Waals surface area contributed by atoms with E-state index >= 15 is 0 Å². The summed E-state index contributed by atoms with van der Waals surface area (Å²) in [5.41, 5.74) is 5.34. The van der Waals surface area contributed by atoms with Crippen molar-refractivity contribution in [2.75, 3.05) is 5.32 Å². The third kappa shape index (κ3) is 4.47. The number of anilines is 1. The fourth-order valence-corrected chi connectivity index (χ4v) is 4.54. The van der Waals surface area contributed by atoms with Gasteiger partial charge in [-0.1, -0.05) is 78.9 Å². The first-order valence-electron chi connectivity index (χ1n) is 11.8. The molecule has 0 aliphatic carbocycles. The average Bonchev–Trinajstić information content (AvgIpc) is 3.31. The van der Waals surface area contributed by atoms with Crippen LogP contribution in [0.25, 0.3) is 16.7 Å². The summed E-state index contributed by atoms with van der Waals surface area (Å²) in [6.07, 6.45) is 1.67. The SMILES string of the molecule is Cc1cc(-n2ncc(C#N)c2NC(=O)CC(c2ccccc2)c2ccccc2)nc2c(C)cccc12. The Morgan fingerprint density at radius 1 is 0.944 bits per heavy atom. The minimum atomic E-state index is -0.209. The van der Waals surface area contributed by atoms with E-state index in [1.807, 2.05) is 98.8 Å². The van der Waals surface area contributed by atoms with Crippen LogP contribution < -0.4 is 5.32 Å². The molecule has 0 atom stereocenters. The number of benzene rings is 3. The molecule has 0 saturated carbocycles. The van der Waals surface area contributed by atoms with E-state index in [2.05, 4.69) is 16.5 Å². The highest BCUT2D eigenvalue weighted by atomic mass is 16.1. The zero-order valence-corrected chi connectivity index (χ0v) is 20.1. The number of fused-ring (bicyclic) bond motifs is 1. The fourth-order valence-electron chi connectivity index (χ4n) is 4.54. The van der Waals surface area contributed by atoms with Crippen LogP contribution in [0.4, 0.5) is 5.82 Å². The van der Waals surface area contributed by atoms with E-state index in [0.717, 1.165) is 33.2 Å². The van der Waals surface area contributed by atoms with Gasteiger partial charge in [-0.05, 0) is 42.2 Å². The van der Waals surface area contributed by atoms with Crippen molar-refractivity contribution in [1.29, 1.82) is 5.26 Å². The van der Waals surface area contributed by atoms with Gasteiger partial charge < -0.3 is 5.32 Å². The fraction of sp³-hybridized carbons (Fsp3) is 0.133. The average molecular weight is 472 g/mol. The molecule has 5 rings (SSSR count). The Morgan fingerprint density at radius 2 is 1.61 bits per heavy atom. The quantitative estimate of drug-likeness (QED) is 0.326. The Labute approximate surface area is 209 Å². The molecule has 2 aromatic heterocycles. The number of para-hydroxylation sites is 1. The largest absolute Gasteiger partial charge is 0.309 e. The molecule has 3 aromatic carbocycles. The number of aryl methyl sites for hydroxylation is 2. The van der Waals surface area contributed by atoms with E-state index in [1.165, 1.54) is 10.9 Å². The topological polar surface area (TPSA) is 83.6 Å². The minimum absolute atomic E-state index is 0.127. The summed E-state index contributed by atoms with van der Waals surface area (Å²) < 4.78 is 1.54. The zero-order chi connectivity index (χ0) is 25.1. The highest BCUT2D eigenvalue weighted by Gasteiger charge is 2.22. The molecule has 0 spiro atoms. The smallest absolute Gasteiger partial charge is 0.226 e. The lowest BCUT2D eigenvalue weighted by Gasteiger charge is -2.18. The van der Waals surface area contributed by atoms with Gasteiger partial charge in [0.25, 0.3) is 0 Å². The van der Waals surface area contributed by atoms with Gasteiger partial charge in [-0.25, -0.2) is 4.98 Å². The van der Waals surface area contributed by atoms with Crippen molar-refractivity contribution in [2.24, 2.45) is 0 Å². The van der Waals surface area contributed by atoms with Crippen molar-refractivity contribution in [3.05, 3.63) is 119 Å². The Morgan fingerprint density at radius 3 is 2.25 bits per heavy atom. The van der Waals surface area contributed by atoms with Gasteiger partial charge in [0.2, 0.25) is 5.91 Å². The maximum absolute atomic E-state index is 13.4. The molecule has 5 aromatic rings. The van der Waals surface area contributed by atoms with Crippen molar-refractivity contribution >= 4 is 22.6 Å². The summed E-state index contributed by atoms with van der Waals surface area (Å²) in [6.45, 7) is 4.03. The van der Waals surface area contributed by atoms with Crippen LogP contribution in [0.3, 0.4) is 0 Å². The van der Waals surface area contributed by atoms with Crippen LogP contribution in [0.2, 0.25) is 0 Å². The normalized spacial score (nSPS) is 10.9. The monoisotopic (exact) mass is 471 g/mol. The predicted octanol–water partition coefficient (Wildman–Crippen LogP) is 6.07. The van der Waals surface area contributed by atoms with Crippen molar-refractivity contribution in [3.8, 4) is 11.9 Å². The van der Waals surface area contributed by atoms with Gasteiger partial charge in [0.05, 0.1) is 11.7 Å². The molecule has 2 heterocycles. The summed E-state index contributed by atoms with van der Waals surface area (Å²) in [5.74, 6) is 0.536. The van der Waals surface area contributed by atoms with Gasteiger partial charge in [0.1, 0.15) is 11.6 Å². The standard InChI is InChI=1S/C30H25N5O/c1-20-10-9-15-25-21(2)16-27(33-29(20)25)35-30(24(18-31)19-32-35)34-28(36)17-26(22-11-5-3-6-12-22)23-13-7-4-8-14-23/h3-16,19,26H,17H2,1-2H3,(H,34,36). The molecule has 0 saturated heterocycles. The Kier molecular flexibility index (Phi) is 6.29. The van der Waals surface area contributed by atoms with Crippen molar-refractivity contribution in [2.45, 2.75) is 26.2 Å². The van der Waals surface area contributed by atoms with Gasteiger partial charge in [0, 0.05) is 17.7 Å². The van der Waals surface area contributed by atoms with E-state index < -0.39 is 0 Å². The summed E-state index contributed by atoms with van der Waals surface area (Å²) in [7, 11) is 0. The number of amides is 1. The van der Waals surface area contributed by atoms with Crippen molar-refractivity contribution in [3.63, 3.8) is 0 Å². The summed E-state index contributed by atoms with van der Waals surface area (Å²) in [6, 6.07) is 30.1. The van der Waals surface area contributed by atoms with Crippen LogP contribution in [0.1, 0.15) is 40.2 Å². The zero-order valence-electron chi connectivity index (χ0n) is 20.1. The van der Waals surface area contributed by atoms with Gasteiger partial charge in [-0.15, -0.1) is 0 Å². The minimum Gasteiger partial charge on any atom is -0.309 e. The number of carbonyl (C=O) groups is 1. The second kappa shape index (κ2) is 9.85. The first kappa shape index (κ1) is 23.0. The van der Waals surface area contributed by atoms with E-state index in [0.29, 0.717) is 11.6 Å². The molecule has 6 nitrogen and oxygen atoms in total. The van der Waals surface area contributed by atoms with Gasteiger partial charge >= 0.3 is 0 Å². The molecule has 0 aliphatic rings. The lowest BCUT2D eigenvalue weighted by atomic mass is 9.88. The molecule has 0 fully saturated rings. The summed E-state index contributed by atoms with van der Waals surface area (Å²) in [4.78, 5) is 18.2. The molecule has 36 heavy (non-hydrogen) atoms. The Bertz CT molecular complexity index is 1540. The van der Waals surface area contributed by atoms with Crippen LogP contribution >= 0.6 is 0 Å². The second-order valence-electron chi connectivity index (χ2n) is 8.83. The number of carbonyl (C=O) groups excluding carboxylic acids is 1. The molecule has 176 valence electrons. The van der Waals surface area contributed by atoms with E-state index in [4.69, 9.17) is 4.98 Å². The van der Waals surface area contributed by atoms with Crippen LogP contribution in [0.5, 0.6) is 0 Å². The second-order valence-corrected chi connectivity index (χ2v) is 8.83. The van der Waals surface area contributed by atoms with Crippen LogP contribution in [-0.4, -0.2) is 20.7 Å². The number of hydrogen-bond donors (Lipinski definition) is 1. The maximum atomic E-state index is 13.4. The summed E-state index contributed by atoms with van der Waals surface area (Å²) in [5, 5.41) is 18.1. The van der Waals surface area contributed by atoms with Crippen LogP contribution in [0.15, 0.2) is 91.1 Å². The van der Waals surface area contributed by atoms with Crippen LogP contribution in [0, 0.1) is 25.2 Å². The lowest BCUT2D eigenvalue weighted by molar-refractivity contribution is -0.116. The number of nitrogens with zero attached hydrogens (tertiary/aromatic N) is 4. The number of nitriles is 1. The number of aromatic nitrogens is 3. The number of pyridine rings is 1. The van der Waals surface area contributed by atoms with E-state index in [9.17, 15) is 10.1 Å². The first-order chi connectivity index (χ1) is 17.5. The first-order valence-corrected chi connectivity index (χ1v) is 11.8. The van der Waals surface area contributed by atoms with Crippen LogP contribution in [-0.2, 0) is 4.79 Å². The number of rotatable bonds is 6. The Balaban J connectivity index is 1.50. The third-order valence-corrected chi connectivity index (χ3v) is 6.39. The maximum Gasteiger partial charge on any atom is 0.226 e. The molecule has 1 amide bonds. The van der Waals surface area contributed by atoms with Gasteiger partial charge in [-0.2, -0.15) is 15.0 Å². The third-order valence-electron chi connectivity index (χ3n) is 6.39. The molecule has 0 bridgehead atoms. The molecule has 0 aliphatic heterocycles. The molecular weight excluding hydrogens is 446 g/mol.